The third-order valence-corrected chi connectivity index (χ3v) is 4.44. The molecule has 0 aliphatic heterocycles. The van der Waals surface area contributed by atoms with Crippen LogP contribution in [0.3, 0.4) is 0 Å². The molecule has 0 atom stereocenters. The molecule has 7 nitrogen and oxygen atoms in total. The minimum Gasteiger partial charge on any atom is -0.372 e. The Morgan fingerprint density at radius 2 is 1.97 bits per heavy atom. The smallest absolute Gasteiger partial charge is 0.372 e. The van der Waals surface area contributed by atoms with Crippen LogP contribution in [0.2, 0.25) is 0 Å². The summed E-state index contributed by atoms with van der Waals surface area (Å²) in [6.07, 6.45) is -1.45. The quantitative estimate of drug-likeness (QED) is 0.357. The minimum absolute atomic E-state index is 0.0172. The van der Waals surface area contributed by atoms with E-state index in [0.717, 1.165) is 30.5 Å². The van der Waals surface area contributed by atoms with E-state index in [-0.39, 0.29) is 30.1 Å². The number of rotatable bonds is 7. The highest BCUT2D eigenvalue weighted by atomic mass is 32.2. The van der Waals surface area contributed by atoms with Crippen molar-refractivity contribution in [2.24, 2.45) is 0 Å². The Hall–Kier alpha value is -3.43. The number of amides is 1. The molecular formula is C21H19F4N3O4S. The number of ether oxygens (including phenoxy) is 1. The first-order valence-corrected chi connectivity index (χ1v) is 11.1. The van der Waals surface area contributed by atoms with Crippen LogP contribution in [0.4, 0.5) is 23.2 Å². The number of benzene rings is 1. The van der Waals surface area contributed by atoms with Gasteiger partial charge in [-0.1, -0.05) is 12.0 Å². The zero-order valence-corrected chi connectivity index (χ0v) is 18.3. The van der Waals surface area contributed by atoms with Gasteiger partial charge in [-0.2, -0.15) is 13.2 Å². The summed E-state index contributed by atoms with van der Waals surface area (Å²) >= 11 is 0. The van der Waals surface area contributed by atoms with Gasteiger partial charge in [0.25, 0.3) is 0 Å². The van der Waals surface area contributed by atoms with Gasteiger partial charge >= 0.3 is 6.18 Å². The summed E-state index contributed by atoms with van der Waals surface area (Å²) < 4.78 is 81.9. The number of hydrogen-bond acceptors (Lipinski definition) is 5. The summed E-state index contributed by atoms with van der Waals surface area (Å²) in [4.78, 5) is 15.6. The molecule has 2 N–H and O–H groups in total. The molecule has 1 heterocycles. The van der Waals surface area contributed by atoms with Gasteiger partial charge in [0, 0.05) is 25.3 Å². The second-order valence-electron chi connectivity index (χ2n) is 6.61. The maximum Gasteiger partial charge on any atom is 0.433 e. The third-order valence-electron chi connectivity index (χ3n) is 3.85. The molecule has 0 unspecified atom stereocenters. The molecule has 1 aromatic heterocycles. The van der Waals surface area contributed by atoms with Crippen molar-refractivity contribution in [1.82, 2.24) is 10.3 Å². The number of anilines is 1. The Kier molecular flexibility index (Phi) is 8.56. The molecule has 0 radical (unpaired) electrons. The Labute approximate surface area is 187 Å². The number of methoxy groups -OCH3 is 1. The van der Waals surface area contributed by atoms with Crippen molar-refractivity contribution in [2.45, 2.75) is 12.7 Å². The molecule has 2 aromatic rings. The number of aromatic nitrogens is 1. The molecule has 0 fully saturated rings. The van der Waals surface area contributed by atoms with Crippen molar-refractivity contribution in [3.63, 3.8) is 0 Å². The summed E-state index contributed by atoms with van der Waals surface area (Å²) in [6.45, 7) is -0.0956. The molecule has 0 spiro atoms. The van der Waals surface area contributed by atoms with Gasteiger partial charge in [0.2, 0.25) is 15.9 Å². The van der Waals surface area contributed by atoms with Crippen LogP contribution >= 0.6 is 0 Å². The largest absolute Gasteiger partial charge is 0.433 e. The highest BCUT2D eigenvalue weighted by molar-refractivity contribution is 7.92. The lowest BCUT2D eigenvalue weighted by molar-refractivity contribution is -0.141. The van der Waals surface area contributed by atoms with Crippen LogP contribution in [0.15, 0.2) is 36.4 Å². The zero-order valence-electron chi connectivity index (χ0n) is 17.5. The van der Waals surface area contributed by atoms with E-state index in [1.807, 2.05) is 4.72 Å². The number of halogens is 4. The van der Waals surface area contributed by atoms with Crippen LogP contribution in [0.1, 0.15) is 22.5 Å². The SMILES string of the molecule is COCC#Cc1nc(C(F)(F)F)ccc1C=CC(=O)NCc1ccc(NS(C)(=O)=O)c(F)c1. The van der Waals surface area contributed by atoms with Gasteiger partial charge in [-0.05, 0) is 41.8 Å². The first-order chi connectivity index (χ1) is 15.4. The molecule has 0 saturated heterocycles. The highest BCUT2D eigenvalue weighted by Crippen LogP contribution is 2.28. The van der Waals surface area contributed by atoms with Gasteiger partial charge in [0.15, 0.2) is 0 Å². The van der Waals surface area contributed by atoms with E-state index in [4.69, 9.17) is 4.74 Å². The highest BCUT2D eigenvalue weighted by Gasteiger charge is 2.32. The molecule has 1 amide bonds. The summed E-state index contributed by atoms with van der Waals surface area (Å²) in [5, 5.41) is 2.48. The Bertz CT molecular complexity index is 1220. The molecule has 33 heavy (non-hydrogen) atoms. The molecular weight excluding hydrogens is 466 g/mol. The summed E-state index contributed by atoms with van der Waals surface area (Å²) in [7, 11) is -2.27. The molecule has 176 valence electrons. The van der Waals surface area contributed by atoms with Gasteiger partial charge in [0.05, 0.1) is 11.9 Å². The van der Waals surface area contributed by atoms with Gasteiger partial charge in [-0.15, -0.1) is 0 Å². The first-order valence-electron chi connectivity index (χ1n) is 9.17. The molecule has 0 bridgehead atoms. The number of carbonyl (C=O) groups is 1. The van der Waals surface area contributed by atoms with Crippen LogP contribution in [0, 0.1) is 17.7 Å². The van der Waals surface area contributed by atoms with Crippen molar-refractivity contribution in [1.29, 1.82) is 0 Å². The number of sulfonamides is 1. The number of hydrogen-bond donors (Lipinski definition) is 2. The monoisotopic (exact) mass is 485 g/mol. The minimum atomic E-state index is -4.65. The topological polar surface area (TPSA) is 97.4 Å². The van der Waals surface area contributed by atoms with Crippen molar-refractivity contribution < 1.29 is 35.5 Å². The van der Waals surface area contributed by atoms with E-state index in [9.17, 15) is 30.8 Å². The molecule has 0 aliphatic carbocycles. The van der Waals surface area contributed by atoms with Crippen LogP contribution in [-0.4, -0.2) is 39.3 Å². The standard InChI is InChI=1S/C21H19F4N3O4S/c1-32-11-3-4-17-15(6-9-19(27-17)21(23,24)25)7-10-20(29)26-13-14-5-8-18(16(22)12-14)28-33(2,30)31/h5-10,12,28H,11,13H2,1-2H3,(H,26,29). The van der Waals surface area contributed by atoms with Gasteiger partial charge in [0.1, 0.15) is 23.8 Å². The molecule has 12 heteroatoms. The number of nitrogens with zero attached hydrogens (tertiary/aromatic N) is 1. The first kappa shape index (κ1) is 25.8. The average Bonchev–Trinajstić information content (AvgIpc) is 2.71. The lowest BCUT2D eigenvalue weighted by Gasteiger charge is -2.08. The van der Waals surface area contributed by atoms with Crippen molar-refractivity contribution in [2.75, 3.05) is 24.7 Å². The van der Waals surface area contributed by atoms with Gasteiger partial charge < -0.3 is 10.1 Å². The second kappa shape index (κ2) is 10.9. The predicted molar refractivity (Wildman–Crippen MR) is 114 cm³/mol. The number of nitrogens with one attached hydrogen (secondary N) is 2. The molecule has 1 aromatic carbocycles. The summed E-state index contributed by atoms with van der Waals surface area (Å²) in [6, 6.07) is 5.60. The average molecular weight is 485 g/mol. The van der Waals surface area contributed by atoms with E-state index in [1.165, 1.54) is 25.3 Å². The fraction of sp³-hybridized carbons (Fsp3) is 0.238. The second-order valence-corrected chi connectivity index (χ2v) is 8.35. The van der Waals surface area contributed by atoms with Crippen LogP contribution < -0.4 is 10.0 Å². The number of carbonyl (C=O) groups excluding carboxylic acids is 1. The Morgan fingerprint density at radius 3 is 2.58 bits per heavy atom. The van der Waals surface area contributed by atoms with Gasteiger partial charge in [-0.25, -0.2) is 17.8 Å². The lowest BCUT2D eigenvalue weighted by atomic mass is 10.1. The maximum atomic E-state index is 14.0. The molecule has 0 aliphatic rings. The van der Waals surface area contributed by atoms with E-state index >= 15 is 0 Å². The molecule has 2 rings (SSSR count). The number of alkyl halides is 3. The van der Waals surface area contributed by atoms with Gasteiger partial charge in [-0.3, -0.25) is 9.52 Å². The van der Waals surface area contributed by atoms with E-state index in [1.54, 1.807) is 0 Å². The van der Waals surface area contributed by atoms with Crippen LogP contribution in [-0.2, 0) is 32.3 Å². The summed E-state index contributed by atoms with van der Waals surface area (Å²) in [5.41, 5.74) is -0.993. The Morgan fingerprint density at radius 1 is 1.24 bits per heavy atom. The fourth-order valence-electron chi connectivity index (χ4n) is 2.42. The third kappa shape index (κ3) is 8.55. The summed E-state index contributed by atoms with van der Waals surface area (Å²) in [5.74, 6) is 3.56. The Balaban J connectivity index is 2.11. The van der Waals surface area contributed by atoms with Crippen molar-refractivity contribution >= 4 is 27.7 Å². The van der Waals surface area contributed by atoms with E-state index in [0.29, 0.717) is 5.56 Å². The molecule has 0 saturated carbocycles. The fourth-order valence-corrected chi connectivity index (χ4v) is 2.98. The predicted octanol–water partition coefficient (Wildman–Crippen LogP) is 2.94. The van der Waals surface area contributed by atoms with Crippen molar-refractivity contribution in [3.8, 4) is 11.8 Å². The normalized spacial score (nSPS) is 11.7. The lowest BCUT2D eigenvalue weighted by Crippen LogP contribution is -2.20. The maximum absolute atomic E-state index is 14.0. The number of pyridine rings is 1. The van der Waals surface area contributed by atoms with E-state index in [2.05, 4.69) is 22.1 Å². The van der Waals surface area contributed by atoms with Crippen LogP contribution in [0.25, 0.3) is 6.08 Å². The van der Waals surface area contributed by atoms with Crippen LogP contribution in [0.5, 0.6) is 0 Å². The van der Waals surface area contributed by atoms with E-state index < -0.39 is 33.6 Å². The zero-order chi connectivity index (χ0) is 24.6. The van der Waals surface area contributed by atoms with Crippen molar-refractivity contribution in [3.05, 3.63) is 64.7 Å².